The predicted molar refractivity (Wildman–Crippen MR) is 94.9 cm³/mol. The van der Waals surface area contributed by atoms with E-state index in [9.17, 15) is 4.79 Å². The van der Waals surface area contributed by atoms with Crippen LogP contribution in [-0.2, 0) is 13.0 Å². The van der Waals surface area contributed by atoms with Gasteiger partial charge < -0.3 is 0 Å². The fourth-order valence-corrected chi connectivity index (χ4v) is 3.65. The van der Waals surface area contributed by atoms with Crippen LogP contribution >= 0.6 is 23.1 Å². The van der Waals surface area contributed by atoms with E-state index in [1.54, 1.807) is 11.6 Å². The van der Waals surface area contributed by atoms with Gasteiger partial charge in [-0.15, -0.1) is 15.3 Å². The average Bonchev–Trinajstić information content (AvgIpc) is 3.23. The number of carbonyl (C=O) groups excluding carboxylic acids is 1. The van der Waals surface area contributed by atoms with E-state index in [1.165, 1.54) is 11.3 Å². The summed E-state index contributed by atoms with van der Waals surface area (Å²) in [4.78, 5) is 12.4. The van der Waals surface area contributed by atoms with Crippen molar-refractivity contribution in [2.75, 3.05) is 5.32 Å². The van der Waals surface area contributed by atoms with Crippen molar-refractivity contribution >= 4 is 34.1 Å². The third-order valence-electron chi connectivity index (χ3n) is 3.51. The molecule has 0 fully saturated rings. The number of nitrogens with one attached hydrogen (secondary N) is 1. The zero-order chi connectivity index (χ0) is 18.0. The first-order valence-electron chi connectivity index (χ1n) is 7.76. The van der Waals surface area contributed by atoms with Crippen molar-refractivity contribution in [3.63, 3.8) is 0 Å². The largest absolute Gasteiger partial charge is 0.295 e. The standard InChI is InChI=1S/C14H18N8OS2/c1-7(2)5-11-16-18-14(24-11)15-13(23)12-9(4)22(21-17-12)6-10-8(3)19-25-20-10/h7H,5-6H2,1-4H3,(H,15,18,23). The summed E-state index contributed by atoms with van der Waals surface area (Å²) in [6.07, 6.45) is 0.837. The molecule has 0 aliphatic carbocycles. The number of rotatable bonds is 6. The summed E-state index contributed by atoms with van der Waals surface area (Å²) in [6.45, 7) is 8.35. The summed E-state index contributed by atoms with van der Waals surface area (Å²) >= 11 is 2.53. The molecule has 1 amide bonds. The van der Waals surface area contributed by atoms with Gasteiger partial charge in [0.1, 0.15) is 5.01 Å². The molecule has 0 unspecified atom stereocenters. The molecule has 11 heteroatoms. The lowest BCUT2D eigenvalue weighted by atomic mass is 10.1. The number of anilines is 1. The van der Waals surface area contributed by atoms with Crippen LogP contribution in [0.1, 0.15) is 46.4 Å². The van der Waals surface area contributed by atoms with Crippen LogP contribution in [0, 0.1) is 19.8 Å². The van der Waals surface area contributed by atoms with Crippen LogP contribution in [0.2, 0.25) is 0 Å². The fourth-order valence-electron chi connectivity index (χ4n) is 2.15. The lowest BCUT2D eigenvalue weighted by Gasteiger charge is -2.02. The van der Waals surface area contributed by atoms with E-state index in [1.807, 2.05) is 6.92 Å². The van der Waals surface area contributed by atoms with Gasteiger partial charge in [-0.2, -0.15) is 8.75 Å². The second kappa shape index (κ2) is 7.31. The van der Waals surface area contributed by atoms with Crippen LogP contribution in [0.3, 0.4) is 0 Å². The van der Waals surface area contributed by atoms with Crippen molar-refractivity contribution in [3.05, 3.63) is 27.8 Å². The van der Waals surface area contributed by atoms with E-state index in [2.05, 4.69) is 48.4 Å². The van der Waals surface area contributed by atoms with Gasteiger partial charge in [0, 0.05) is 6.42 Å². The van der Waals surface area contributed by atoms with E-state index in [0.717, 1.165) is 34.5 Å². The number of carbonyl (C=O) groups is 1. The zero-order valence-electron chi connectivity index (χ0n) is 14.3. The molecule has 0 saturated heterocycles. The van der Waals surface area contributed by atoms with Crippen LogP contribution in [0.15, 0.2) is 0 Å². The Kier molecular flexibility index (Phi) is 5.13. The Morgan fingerprint density at radius 1 is 1.20 bits per heavy atom. The summed E-state index contributed by atoms with van der Waals surface area (Å²) < 4.78 is 10.0. The highest BCUT2D eigenvalue weighted by Crippen LogP contribution is 2.19. The minimum Gasteiger partial charge on any atom is -0.295 e. The predicted octanol–water partition coefficient (Wildman–Crippen LogP) is 2.10. The second-order valence-electron chi connectivity index (χ2n) is 6.03. The number of nitrogens with zero attached hydrogens (tertiary/aromatic N) is 7. The molecular formula is C14H18N8OS2. The minimum atomic E-state index is -0.343. The molecule has 0 aliphatic rings. The van der Waals surface area contributed by atoms with Crippen LogP contribution in [0.4, 0.5) is 5.13 Å². The molecule has 9 nitrogen and oxygen atoms in total. The number of amides is 1. The molecule has 0 spiro atoms. The molecule has 3 aromatic rings. The maximum absolute atomic E-state index is 12.4. The molecule has 0 atom stereocenters. The highest BCUT2D eigenvalue weighted by Gasteiger charge is 2.19. The Morgan fingerprint density at radius 2 is 2.00 bits per heavy atom. The van der Waals surface area contributed by atoms with Gasteiger partial charge in [-0.1, -0.05) is 30.4 Å². The smallest absolute Gasteiger partial charge is 0.279 e. The number of hydrogen-bond acceptors (Lipinski definition) is 9. The van der Waals surface area contributed by atoms with Gasteiger partial charge in [0.25, 0.3) is 5.91 Å². The van der Waals surface area contributed by atoms with E-state index in [4.69, 9.17) is 0 Å². The monoisotopic (exact) mass is 378 g/mol. The molecule has 0 aliphatic heterocycles. The Morgan fingerprint density at radius 3 is 2.68 bits per heavy atom. The molecule has 3 rings (SSSR count). The lowest BCUT2D eigenvalue weighted by molar-refractivity contribution is 0.102. The summed E-state index contributed by atoms with van der Waals surface area (Å²) in [7, 11) is 0. The van der Waals surface area contributed by atoms with Gasteiger partial charge in [0.05, 0.1) is 35.4 Å². The Labute approximate surface area is 152 Å². The molecule has 25 heavy (non-hydrogen) atoms. The molecule has 132 valence electrons. The summed E-state index contributed by atoms with van der Waals surface area (Å²) in [5, 5.41) is 20.2. The molecule has 0 radical (unpaired) electrons. The van der Waals surface area contributed by atoms with E-state index >= 15 is 0 Å². The molecule has 0 aromatic carbocycles. The van der Waals surface area contributed by atoms with Crippen molar-refractivity contribution < 1.29 is 4.79 Å². The van der Waals surface area contributed by atoms with E-state index in [0.29, 0.717) is 23.3 Å². The van der Waals surface area contributed by atoms with Crippen LogP contribution in [0.5, 0.6) is 0 Å². The molecular weight excluding hydrogens is 360 g/mol. The third-order valence-corrected chi connectivity index (χ3v) is 5.03. The molecule has 3 heterocycles. The summed E-state index contributed by atoms with van der Waals surface area (Å²) in [6, 6.07) is 0. The molecule has 0 bridgehead atoms. The SMILES string of the molecule is Cc1nsnc1Cn1nnc(C(=O)Nc2nnc(CC(C)C)s2)c1C. The van der Waals surface area contributed by atoms with Gasteiger partial charge in [-0.25, -0.2) is 4.68 Å². The third kappa shape index (κ3) is 4.04. The fraction of sp³-hybridized carbons (Fsp3) is 0.500. The zero-order valence-corrected chi connectivity index (χ0v) is 16.0. The van der Waals surface area contributed by atoms with Crippen LogP contribution in [0.25, 0.3) is 0 Å². The number of aryl methyl sites for hydroxylation is 1. The highest BCUT2D eigenvalue weighted by molar-refractivity contribution is 7.15. The first kappa shape index (κ1) is 17.5. The number of hydrogen-bond donors (Lipinski definition) is 1. The molecule has 1 N–H and O–H groups in total. The Balaban J connectivity index is 1.70. The first-order valence-corrected chi connectivity index (χ1v) is 9.30. The average molecular weight is 378 g/mol. The number of aromatic nitrogens is 7. The molecule has 0 saturated carbocycles. The van der Waals surface area contributed by atoms with Gasteiger partial charge in [0.15, 0.2) is 5.69 Å². The van der Waals surface area contributed by atoms with Crippen molar-refractivity contribution in [1.82, 2.24) is 33.9 Å². The van der Waals surface area contributed by atoms with Crippen LogP contribution in [-0.4, -0.2) is 39.8 Å². The van der Waals surface area contributed by atoms with Crippen molar-refractivity contribution in [2.24, 2.45) is 5.92 Å². The van der Waals surface area contributed by atoms with Gasteiger partial charge in [-0.3, -0.25) is 10.1 Å². The van der Waals surface area contributed by atoms with Crippen molar-refractivity contribution in [2.45, 2.75) is 40.7 Å². The minimum absolute atomic E-state index is 0.265. The van der Waals surface area contributed by atoms with Gasteiger partial charge >= 0.3 is 0 Å². The van der Waals surface area contributed by atoms with Crippen molar-refractivity contribution in [3.8, 4) is 0 Å². The normalized spacial score (nSPS) is 11.2. The molecule has 3 aromatic heterocycles. The van der Waals surface area contributed by atoms with Gasteiger partial charge in [-0.05, 0) is 19.8 Å². The second-order valence-corrected chi connectivity index (χ2v) is 7.62. The maximum Gasteiger partial charge on any atom is 0.279 e. The first-order chi connectivity index (χ1) is 11.9. The topological polar surface area (TPSA) is 111 Å². The van der Waals surface area contributed by atoms with Crippen molar-refractivity contribution in [1.29, 1.82) is 0 Å². The quantitative estimate of drug-likeness (QED) is 0.699. The summed E-state index contributed by atoms with van der Waals surface area (Å²) in [5.74, 6) is 0.145. The van der Waals surface area contributed by atoms with E-state index < -0.39 is 0 Å². The Hall–Kier alpha value is -2.27. The maximum atomic E-state index is 12.4. The van der Waals surface area contributed by atoms with Gasteiger partial charge in [0.2, 0.25) is 5.13 Å². The lowest BCUT2D eigenvalue weighted by Crippen LogP contribution is -2.14. The van der Waals surface area contributed by atoms with E-state index in [-0.39, 0.29) is 11.6 Å². The summed E-state index contributed by atoms with van der Waals surface area (Å²) in [5.41, 5.74) is 2.61. The Bertz CT molecular complexity index is 881. The van der Waals surface area contributed by atoms with Crippen LogP contribution < -0.4 is 5.32 Å². The highest BCUT2D eigenvalue weighted by atomic mass is 32.1.